The van der Waals surface area contributed by atoms with Crippen LogP contribution in [0.4, 0.5) is 4.79 Å². The maximum absolute atomic E-state index is 12.2. The van der Waals surface area contributed by atoms with Crippen LogP contribution in [0.15, 0.2) is 24.3 Å². The van der Waals surface area contributed by atoms with Gasteiger partial charge < -0.3 is 45.0 Å². The molecule has 1 aromatic carbocycles. The lowest BCUT2D eigenvalue weighted by molar-refractivity contribution is -0.229. The summed E-state index contributed by atoms with van der Waals surface area (Å²) in [4.78, 5) is 35.8. The average Bonchev–Trinajstić information content (AvgIpc) is 2.82. The number of ketones is 1. The highest BCUT2D eigenvalue weighted by atomic mass is 16.7. The Balaban J connectivity index is 1.86. The van der Waals surface area contributed by atoms with Crippen molar-refractivity contribution in [1.29, 1.82) is 5.41 Å². The topological polar surface area (TPSA) is 185 Å². The highest BCUT2D eigenvalue weighted by Crippen LogP contribution is 2.24. The minimum Gasteiger partial charge on any atom is -0.465 e. The number of esters is 1. The number of carbonyl (C=O) groups excluding carboxylic acids is 3. The number of aliphatic hydroxyl groups is 3. The van der Waals surface area contributed by atoms with E-state index in [1.165, 1.54) is 0 Å². The number of amides is 1. The zero-order valence-corrected chi connectivity index (χ0v) is 19.6. The molecule has 0 unspecified atom stereocenters. The lowest BCUT2D eigenvalue weighted by atomic mass is 10.0. The van der Waals surface area contributed by atoms with Crippen molar-refractivity contribution in [1.82, 2.24) is 5.32 Å². The minimum absolute atomic E-state index is 0.0224. The van der Waals surface area contributed by atoms with Crippen LogP contribution in [0.3, 0.4) is 0 Å². The summed E-state index contributed by atoms with van der Waals surface area (Å²) in [6.45, 7) is 2.72. The van der Waals surface area contributed by atoms with Gasteiger partial charge in [0.2, 0.25) is 6.29 Å². The second-order valence-corrected chi connectivity index (χ2v) is 8.25. The van der Waals surface area contributed by atoms with Crippen molar-refractivity contribution in [3.63, 3.8) is 0 Å². The summed E-state index contributed by atoms with van der Waals surface area (Å²) in [5.41, 5.74) is 0.612. The number of Topliss-reactive ketones (excluding diaryl/α,β-unsaturated/α-hetero) is 1. The molecule has 0 spiro atoms. The Hall–Kier alpha value is -3.06. The molecule has 1 aliphatic rings. The van der Waals surface area contributed by atoms with E-state index < -0.39 is 61.2 Å². The van der Waals surface area contributed by atoms with Crippen molar-refractivity contribution in [2.45, 2.75) is 76.5 Å². The summed E-state index contributed by atoms with van der Waals surface area (Å²) in [7, 11) is 0. The zero-order valence-electron chi connectivity index (χ0n) is 19.6. The molecule has 0 radical (unpaired) electrons. The quantitative estimate of drug-likeness (QED) is 0.201. The van der Waals surface area contributed by atoms with Crippen molar-refractivity contribution in [2.75, 3.05) is 6.61 Å². The molecule has 2 rings (SSSR count). The Morgan fingerprint density at radius 2 is 1.91 bits per heavy atom. The van der Waals surface area contributed by atoms with Gasteiger partial charge >= 0.3 is 12.1 Å². The Bertz CT molecular complexity index is 860. The molecule has 1 aromatic rings. The van der Waals surface area contributed by atoms with Gasteiger partial charge in [-0.15, -0.1) is 0 Å². The van der Waals surface area contributed by atoms with Crippen LogP contribution in [0.2, 0.25) is 0 Å². The first-order valence-corrected chi connectivity index (χ1v) is 11.2. The minimum atomic E-state index is -1.20. The van der Waals surface area contributed by atoms with E-state index in [0.29, 0.717) is 17.5 Å². The lowest BCUT2D eigenvalue weighted by Crippen LogP contribution is -2.51. The van der Waals surface area contributed by atoms with E-state index in [9.17, 15) is 29.7 Å². The van der Waals surface area contributed by atoms with Crippen molar-refractivity contribution in [3.8, 4) is 5.75 Å². The van der Waals surface area contributed by atoms with Crippen molar-refractivity contribution in [3.05, 3.63) is 29.8 Å². The predicted molar refractivity (Wildman–Crippen MR) is 121 cm³/mol. The third-order valence-electron chi connectivity index (χ3n) is 5.05. The summed E-state index contributed by atoms with van der Waals surface area (Å²) in [6.07, 6.45) is -4.88. The summed E-state index contributed by atoms with van der Waals surface area (Å²) < 4.78 is 21.3. The number of nitrogens with one attached hydrogen (secondary N) is 2. The Morgan fingerprint density at radius 3 is 2.51 bits per heavy atom. The average molecular weight is 497 g/mol. The number of benzene rings is 1. The Labute approximate surface area is 202 Å². The van der Waals surface area contributed by atoms with Crippen LogP contribution >= 0.6 is 0 Å². The summed E-state index contributed by atoms with van der Waals surface area (Å²) in [6, 6.07) is 5.35. The first-order valence-electron chi connectivity index (χ1n) is 11.2. The number of hydrogen-bond donors (Lipinski definition) is 5. The largest absolute Gasteiger partial charge is 0.465 e. The maximum Gasteiger partial charge on any atom is 0.408 e. The fourth-order valence-corrected chi connectivity index (χ4v) is 3.21. The van der Waals surface area contributed by atoms with Gasteiger partial charge in [0, 0.05) is 12.8 Å². The summed E-state index contributed by atoms with van der Waals surface area (Å²) in [5.74, 6) is -0.793. The fraction of sp³-hybridized carbons (Fsp3) is 0.565. The van der Waals surface area contributed by atoms with E-state index >= 15 is 0 Å². The predicted octanol–water partition coefficient (Wildman–Crippen LogP) is 0.440. The molecule has 194 valence electrons. The number of carbonyl (C=O) groups is 3. The molecule has 0 aliphatic carbocycles. The van der Waals surface area contributed by atoms with Crippen LogP contribution in [-0.4, -0.2) is 82.7 Å². The molecular formula is C23H32N2O10. The third kappa shape index (κ3) is 9.25. The molecule has 1 saturated heterocycles. The van der Waals surface area contributed by atoms with E-state index in [0.717, 1.165) is 0 Å². The summed E-state index contributed by atoms with van der Waals surface area (Å²) in [5, 5.41) is 38.2. The normalized spacial score (nSPS) is 22.7. The zero-order chi connectivity index (χ0) is 26.0. The lowest BCUT2D eigenvalue weighted by Gasteiger charge is -2.36. The number of rotatable bonds is 12. The van der Waals surface area contributed by atoms with E-state index in [1.807, 2.05) is 0 Å². The van der Waals surface area contributed by atoms with Crippen LogP contribution in [-0.2, 0) is 30.4 Å². The highest BCUT2D eigenvalue weighted by molar-refractivity contribution is 6.26. The monoisotopic (exact) mass is 496 g/mol. The van der Waals surface area contributed by atoms with Crippen LogP contribution < -0.4 is 10.1 Å². The summed E-state index contributed by atoms with van der Waals surface area (Å²) >= 11 is 0. The molecule has 5 atom stereocenters. The molecule has 1 heterocycles. The highest BCUT2D eigenvalue weighted by Gasteiger charge is 2.37. The number of ether oxygens (including phenoxy) is 4. The Kier molecular flexibility index (Phi) is 11.1. The molecule has 12 heteroatoms. The van der Waals surface area contributed by atoms with Gasteiger partial charge in [-0.3, -0.25) is 4.79 Å². The molecular weight excluding hydrogens is 464 g/mol. The van der Waals surface area contributed by atoms with E-state index in [-0.39, 0.29) is 25.9 Å². The molecule has 35 heavy (non-hydrogen) atoms. The van der Waals surface area contributed by atoms with Crippen LogP contribution in [0.25, 0.3) is 0 Å². The van der Waals surface area contributed by atoms with E-state index in [1.54, 1.807) is 38.1 Å². The standard InChI is InChI=1S/C23H32N2O10/c1-13(2)33-22(30)17(8-5-15(27)10-24)25-23(31)32-12-14-3-6-16(7-4-14)34-20-9-18(28)21(29)19(11-26)35-20/h3-4,6-7,10,13,17-21,24,26,28-29H,5,8-9,11-12H2,1-2H3,(H,25,31)/t17-,18+,19+,20-,21+/m0/s1. The molecule has 12 nitrogen and oxygen atoms in total. The number of aliphatic hydroxyl groups excluding tert-OH is 3. The van der Waals surface area contributed by atoms with E-state index in [4.69, 9.17) is 24.4 Å². The second-order valence-electron chi connectivity index (χ2n) is 8.25. The third-order valence-corrected chi connectivity index (χ3v) is 5.05. The molecule has 5 N–H and O–H groups in total. The van der Waals surface area contributed by atoms with Crippen LogP contribution in [0.1, 0.15) is 38.7 Å². The first-order chi connectivity index (χ1) is 16.6. The van der Waals surface area contributed by atoms with Gasteiger partial charge in [-0.2, -0.15) is 0 Å². The first kappa shape index (κ1) is 28.2. The van der Waals surface area contributed by atoms with Gasteiger partial charge in [0.15, 0.2) is 5.78 Å². The van der Waals surface area contributed by atoms with Gasteiger partial charge in [-0.25, -0.2) is 9.59 Å². The fourth-order valence-electron chi connectivity index (χ4n) is 3.21. The Morgan fingerprint density at radius 1 is 1.23 bits per heavy atom. The maximum atomic E-state index is 12.2. The van der Waals surface area contributed by atoms with Crippen LogP contribution in [0, 0.1) is 5.41 Å². The smallest absolute Gasteiger partial charge is 0.408 e. The van der Waals surface area contributed by atoms with E-state index in [2.05, 4.69) is 5.32 Å². The van der Waals surface area contributed by atoms with Gasteiger partial charge in [-0.05, 0) is 38.0 Å². The number of hydrogen-bond acceptors (Lipinski definition) is 11. The molecule has 0 saturated carbocycles. The van der Waals surface area contributed by atoms with Crippen molar-refractivity contribution < 1.29 is 48.7 Å². The van der Waals surface area contributed by atoms with Gasteiger partial charge in [0.25, 0.3) is 0 Å². The molecule has 0 aromatic heterocycles. The van der Waals surface area contributed by atoms with Gasteiger partial charge in [0.1, 0.15) is 30.6 Å². The second kappa shape index (κ2) is 13.7. The van der Waals surface area contributed by atoms with Gasteiger partial charge in [-0.1, -0.05) is 12.1 Å². The van der Waals surface area contributed by atoms with Crippen molar-refractivity contribution >= 4 is 24.1 Å². The molecule has 1 amide bonds. The van der Waals surface area contributed by atoms with Gasteiger partial charge in [0.05, 0.1) is 25.0 Å². The van der Waals surface area contributed by atoms with Crippen molar-refractivity contribution in [2.24, 2.45) is 0 Å². The number of alkyl carbamates (subject to hydrolysis) is 1. The molecule has 0 bridgehead atoms. The molecule has 1 aliphatic heterocycles. The van der Waals surface area contributed by atoms with Crippen LogP contribution in [0.5, 0.6) is 5.75 Å². The SMILES string of the molecule is CC(C)OC(=O)[C@H](CCC(=O)C=N)NC(=O)OCc1ccc(O[C@@H]2C[C@@H](O)[C@@H](O)[C@@H](CO)O2)cc1. The molecule has 1 fully saturated rings.